The Hall–Kier alpha value is -1.13. The average molecular weight is 325 g/mol. The normalized spacial score (nSPS) is 14.2. The summed E-state index contributed by atoms with van der Waals surface area (Å²) < 4.78 is 2.17. The topological polar surface area (TPSA) is 34.9 Å². The largest absolute Gasteiger partial charge is 0.339 e. The van der Waals surface area contributed by atoms with Gasteiger partial charge in [0.05, 0.1) is 11.4 Å². The van der Waals surface area contributed by atoms with Crippen molar-refractivity contribution in [2.24, 2.45) is 0 Å². The molecule has 3 nitrogen and oxygen atoms in total. The second-order valence-corrected chi connectivity index (χ2v) is 7.13. The zero-order chi connectivity index (χ0) is 15.7. The Balaban J connectivity index is 2.42. The lowest BCUT2D eigenvalue weighted by Gasteiger charge is -2.16. The van der Waals surface area contributed by atoms with Crippen LogP contribution in [0.2, 0.25) is 0 Å². The van der Waals surface area contributed by atoms with Crippen LogP contribution < -0.4 is 0 Å². The summed E-state index contributed by atoms with van der Waals surface area (Å²) in [5.41, 5.74) is 2.74. The Labute approximate surface area is 135 Å². The van der Waals surface area contributed by atoms with Crippen LogP contribution in [0.3, 0.4) is 0 Å². The van der Waals surface area contributed by atoms with Crippen LogP contribution in [0, 0.1) is 13.8 Å². The number of thiazole rings is 1. The van der Waals surface area contributed by atoms with E-state index >= 15 is 0 Å². The number of carbonyl (C=O) groups is 1. The molecule has 0 saturated carbocycles. The van der Waals surface area contributed by atoms with Crippen LogP contribution in [0.25, 0.3) is 0 Å². The maximum atomic E-state index is 12.2. The maximum absolute atomic E-state index is 12.2. The number of halogens is 1. The van der Waals surface area contributed by atoms with Crippen molar-refractivity contribution in [2.45, 2.75) is 52.5 Å². The molecule has 0 spiro atoms. The molecule has 0 N–H and O–H groups in total. The van der Waals surface area contributed by atoms with Crippen LogP contribution in [-0.2, 0) is 6.42 Å². The maximum Gasteiger partial charge on any atom is 0.182 e. The average Bonchev–Trinajstić information content (AvgIpc) is 3.02. The van der Waals surface area contributed by atoms with Gasteiger partial charge in [-0.1, -0.05) is 6.92 Å². The van der Waals surface area contributed by atoms with Gasteiger partial charge in [0.15, 0.2) is 5.78 Å². The predicted octanol–water partition coefficient (Wildman–Crippen LogP) is 4.54. The fourth-order valence-electron chi connectivity index (χ4n) is 2.63. The first kappa shape index (κ1) is 16.2. The second kappa shape index (κ2) is 6.32. The lowest BCUT2D eigenvalue weighted by atomic mass is 10.1. The zero-order valence-electron chi connectivity index (χ0n) is 13.1. The molecule has 2 unspecified atom stereocenters. The van der Waals surface area contributed by atoms with Crippen molar-refractivity contribution in [3.63, 3.8) is 0 Å². The fourth-order valence-corrected chi connectivity index (χ4v) is 3.64. The van der Waals surface area contributed by atoms with Crippen LogP contribution in [0.1, 0.15) is 58.4 Å². The molecule has 0 aliphatic carbocycles. The number of Topliss-reactive ketones (excluding diaryl/α,β-unsaturated/α-hetero) is 1. The summed E-state index contributed by atoms with van der Waals surface area (Å²) in [5, 5.41) is 0.576. The Morgan fingerprint density at radius 3 is 2.62 bits per heavy atom. The first-order valence-electron chi connectivity index (χ1n) is 7.18. The number of ketones is 1. The number of hydrogen-bond acceptors (Lipinski definition) is 3. The minimum Gasteiger partial charge on any atom is -0.339 e. The van der Waals surface area contributed by atoms with Gasteiger partial charge in [-0.05, 0) is 40.2 Å². The van der Waals surface area contributed by atoms with Crippen molar-refractivity contribution in [3.8, 4) is 0 Å². The SMILES string of the molecule is CCc1cnc(C(C)n2c(C)cc(C(=O)C(C)Cl)c2C)s1. The van der Waals surface area contributed by atoms with E-state index in [9.17, 15) is 4.79 Å². The van der Waals surface area contributed by atoms with Gasteiger partial charge < -0.3 is 4.57 Å². The van der Waals surface area contributed by atoms with E-state index < -0.39 is 5.38 Å². The molecule has 0 bridgehead atoms. The van der Waals surface area contributed by atoms with Crippen molar-refractivity contribution >= 4 is 28.7 Å². The van der Waals surface area contributed by atoms with Gasteiger partial charge in [0.25, 0.3) is 0 Å². The smallest absolute Gasteiger partial charge is 0.182 e. The summed E-state index contributed by atoms with van der Waals surface area (Å²) in [6, 6.07) is 2.06. The van der Waals surface area contributed by atoms with E-state index in [0.29, 0.717) is 5.56 Å². The van der Waals surface area contributed by atoms with Crippen molar-refractivity contribution < 1.29 is 4.79 Å². The first-order valence-corrected chi connectivity index (χ1v) is 8.43. The Morgan fingerprint density at radius 1 is 1.43 bits per heavy atom. The number of aromatic nitrogens is 2. The molecule has 114 valence electrons. The molecule has 0 amide bonds. The monoisotopic (exact) mass is 324 g/mol. The van der Waals surface area contributed by atoms with Crippen LogP contribution in [-0.4, -0.2) is 20.7 Å². The summed E-state index contributed by atoms with van der Waals surface area (Å²) in [5.74, 6) is -0.0170. The van der Waals surface area contributed by atoms with Crippen LogP contribution in [0.5, 0.6) is 0 Å². The molecule has 21 heavy (non-hydrogen) atoms. The second-order valence-electron chi connectivity index (χ2n) is 5.33. The van der Waals surface area contributed by atoms with E-state index in [1.807, 2.05) is 26.1 Å². The molecule has 2 aromatic heterocycles. The first-order chi connectivity index (χ1) is 9.86. The summed E-state index contributed by atoms with van der Waals surface area (Å²) in [6.45, 7) is 9.97. The highest BCUT2D eigenvalue weighted by atomic mass is 35.5. The summed E-state index contributed by atoms with van der Waals surface area (Å²) in [7, 11) is 0. The molecule has 0 radical (unpaired) electrons. The Bertz CT molecular complexity index is 657. The third kappa shape index (κ3) is 3.06. The number of rotatable bonds is 5. The molecule has 0 aliphatic heterocycles. The van der Waals surface area contributed by atoms with Gasteiger partial charge in [-0.25, -0.2) is 4.98 Å². The molecular formula is C16H21ClN2OS. The number of aryl methyl sites for hydroxylation is 2. The van der Waals surface area contributed by atoms with Crippen LogP contribution in [0.4, 0.5) is 0 Å². The molecule has 0 fully saturated rings. The van der Waals surface area contributed by atoms with Gasteiger partial charge in [-0.3, -0.25) is 4.79 Å². The number of hydrogen-bond donors (Lipinski definition) is 0. The van der Waals surface area contributed by atoms with Gasteiger partial charge in [0.1, 0.15) is 5.01 Å². The summed E-state index contributed by atoms with van der Waals surface area (Å²) in [6.07, 6.45) is 2.94. The Kier molecular flexibility index (Phi) is 4.89. The molecule has 5 heteroatoms. The molecule has 0 saturated heterocycles. The van der Waals surface area contributed by atoms with Crippen molar-refractivity contribution in [1.29, 1.82) is 0 Å². The fraction of sp³-hybridized carbons (Fsp3) is 0.500. The van der Waals surface area contributed by atoms with Crippen LogP contribution >= 0.6 is 22.9 Å². The highest BCUT2D eigenvalue weighted by Crippen LogP contribution is 2.29. The Morgan fingerprint density at radius 2 is 2.10 bits per heavy atom. The van der Waals surface area contributed by atoms with Crippen molar-refractivity contribution in [3.05, 3.63) is 39.1 Å². The molecule has 0 aromatic carbocycles. The molecule has 2 atom stereocenters. The highest BCUT2D eigenvalue weighted by Gasteiger charge is 2.23. The molecule has 0 aliphatic rings. The van der Waals surface area contributed by atoms with Crippen molar-refractivity contribution in [2.75, 3.05) is 0 Å². The molecular weight excluding hydrogens is 304 g/mol. The number of alkyl halides is 1. The zero-order valence-corrected chi connectivity index (χ0v) is 14.7. The van der Waals surface area contributed by atoms with E-state index in [0.717, 1.165) is 22.8 Å². The van der Waals surface area contributed by atoms with Gasteiger partial charge in [-0.2, -0.15) is 0 Å². The van der Waals surface area contributed by atoms with Crippen LogP contribution in [0.15, 0.2) is 12.3 Å². The van der Waals surface area contributed by atoms with Gasteiger partial charge >= 0.3 is 0 Å². The van der Waals surface area contributed by atoms with Gasteiger partial charge in [-0.15, -0.1) is 22.9 Å². The number of nitrogens with zero attached hydrogens (tertiary/aromatic N) is 2. The minimum absolute atomic E-state index is 0.0170. The lowest BCUT2D eigenvalue weighted by molar-refractivity contribution is 0.0991. The van der Waals surface area contributed by atoms with Gasteiger partial charge in [0.2, 0.25) is 0 Å². The van der Waals surface area contributed by atoms with E-state index in [2.05, 4.69) is 23.4 Å². The predicted molar refractivity (Wildman–Crippen MR) is 88.9 cm³/mol. The van der Waals surface area contributed by atoms with Gasteiger partial charge in [0, 0.05) is 28.0 Å². The lowest BCUT2D eigenvalue weighted by Crippen LogP contribution is -2.14. The highest BCUT2D eigenvalue weighted by molar-refractivity contribution is 7.11. The molecule has 2 aromatic rings. The standard InChI is InChI=1S/C16H21ClN2OS/c1-6-13-8-18-16(21-13)12(5)19-9(2)7-14(11(19)4)15(20)10(3)17/h7-8,10,12H,6H2,1-5H3. The molecule has 2 heterocycles. The molecule has 2 rings (SSSR count). The van der Waals surface area contributed by atoms with Crippen molar-refractivity contribution in [1.82, 2.24) is 9.55 Å². The van der Waals surface area contributed by atoms with E-state index in [1.165, 1.54) is 4.88 Å². The third-order valence-corrected chi connectivity index (χ3v) is 5.29. The summed E-state index contributed by atoms with van der Waals surface area (Å²) >= 11 is 7.68. The minimum atomic E-state index is -0.499. The third-order valence-electron chi connectivity index (χ3n) is 3.78. The van der Waals surface area contributed by atoms with E-state index in [-0.39, 0.29) is 11.8 Å². The van der Waals surface area contributed by atoms with E-state index in [1.54, 1.807) is 18.3 Å². The number of carbonyl (C=O) groups excluding carboxylic acids is 1. The summed E-state index contributed by atoms with van der Waals surface area (Å²) in [4.78, 5) is 18.0. The quantitative estimate of drug-likeness (QED) is 0.597. The van der Waals surface area contributed by atoms with E-state index in [4.69, 9.17) is 11.6 Å².